The highest BCUT2D eigenvalue weighted by Crippen LogP contribution is 2.26. The molecule has 0 bridgehead atoms. The van der Waals surface area contributed by atoms with Crippen LogP contribution in [0.1, 0.15) is 12.8 Å². The van der Waals surface area contributed by atoms with E-state index in [0.717, 1.165) is 18.9 Å². The Labute approximate surface area is 157 Å². The second kappa shape index (κ2) is 8.75. The molecule has 1 unspecified atom stereocenters. The van der Waals surface area contributed by atoms with E-state index in [2.05, 4.69) is 5.32 Å². The molecule has 1 aliphatic rings. The molecular weight excluding hydrogens is 380 g/mol. The van der Waals surface area contributed by atoms with Gasteiger partial charge in [0.25, 0.3) is 0 Å². The molecule has 0 aliphatic carbocycles. The second-order valence-electron chi connectivity index (χ2n) is 6.66. The Bertz CT molecular complexity index is 799. The van der Waals surface area contributed by atoms with Crippen molar-refractivity contribution in [3.8, 4) is 0 Å². The summed E-state index contributed by atoms with van der Waals surface area (Å²) in [7, 11) is -1.48. The summed E-state index contributed by atoms with van der Waals surface area (Å²) >= 11 is 0. The van der Waals surface area contributed by atoms with Crippen molar-refractivity contribution in [3.05, 3.63) is 24.3 Å². The minimum absolute atomic E-state index is 0.00604. The molecule has 1 saturated heterocycles. The number of piperidine rings is 1. The number of hydrogen-bond acceptors (Lipinski definition) is 5. The summed E-state index contributed by atoms with van der Waals surface area (Å²) in [4.78, 5) is 27.1. The van der Waals surface area contributed by atoms with Crippen LogP contribution in [0.3, 0.4) is 0 Å². The number of carbonyl (C=O) groups excluding carboxylic acids is 2. The van der Waals surface area contributed by atoms with E-state index in [1.165, 1.54) is 23.1 Å². The van der Waals surface area contributed by atoms with E-state index in [0.29, 0.717) is 13.1 Å². The zero-order valence-electron chi connectivity index (χ0n) is 15.2. The van der Waals surface area contributed by atoms with Crippen molar-refractivity contribution in [2.24, 2.45) is 5.92 Å². The third-order valence-corrected chi connectivity index (χ3v) is 5.80. The SMILES string of the molecule is CN(C)C(=O)C1CCCN(CC(=O)Nc2ccccc2S(=O)(=O)C(F)F)C1. The molecule has 1 heterocycles. The average molecular weight is 403 g/mol. The number of carbonyl (C=O) groups is 2. The van der Waals surface area contributed by atoms with Gasteiger partial charge in [-0.25, -0.2) is 8.42 Å². The Hall–Kier alpha value is -2.07. The normalized spacial score (nSPS) is 18.3. The maximum Gasteiger partial charge on any atom is 0.341 e. The lowest BCUT2D eigenvalue weighted by Gasteiger charge is -2.32. The van der Waals surface area contributed by atoms with E-state index in [1.54, 1.807) is 19.0 Å². The number of likely N-dealkylation sites (tertiary alicyclic amines) is 1. The van der Waals surface area contributed by atoms with Gasteiger partial charge in [0.05, 0.1) is 23.0 Å². The zero-order valence-corrected chi connectivity index (χ0v) is 16.0. The third-order valence-electron chi connectivity index (χ3n) is 4.36. The van der Waals surface area contributed by atoms with Crippen LogP contribution >= 0.6 is 0 Å². The molecule has 0 saturated carbocycles. The Kier molecular flexibility index (Phi) is 6.88. The summed E-state index contributed by atoms with van der Waals surface area (Å²) < 4.78 is 49.2. The van der Waals surface area contributed by atoms with Crippen LogP contribution in [0.2, 0.25) is 0 Å². The molecule has 2 rings (SSSR count). The highest BCUT2D eigenvalue weighted by Gasteiger charge is 2.30. The monoisotopic (exact) mass is 403 g/mol. The molecule has 1 atom stereocenters. The van der Waals surface area contributed by atoms with Gasteiger partial charge in [-0.1, -0.05) is 12.1 Å². The number of nitrogens with zero attached hydrogens (tertiary/aromatic N) is 2. The van der Waals surface area contributed by atoms with Crippen LogP contribution < -0.4 is 5.32 Å². The first-order chi connectivity index (χ1) is 12.6. The van der Waals surface area contributed by atoms with E-state index < -0.39 is 26.4 Å². The minimum Gasteiger partial charge on any atom is -0.349 e. The smallest absolute Gasteiger partial charge is 0.341 e. The number of sulfone groups is 1. The van der Waals surface area contributed by atoms with Gasteiger partial charge < -0.3 is 10.2 Å². The van der Waals surface area contributed by atoms with Gasteiger partial charge >= 0.3 is 5.76 Å². The number of nitrogens with one attached hydrogen (secondary N) is 1. The molecule has 27 heavy (non-hydrogen) atoms. The molecule has 1 aromatic rings. The standard InChI is InChI=1S/C17H23F2N3O4S/c1-21(2)16(24)12-6-5-9-22(10-12)11-15(23)20-13-7-3-4-8-14(13)27(25,26)17(18)19/h3-4,7-8,12,17H,5-6,9-11H2,1-2H3,(H,20,23). The van der Waals surface area contributed by atoms with Crippen molar-refractivity contribution in [1.82, 2.24) is 9.80 Å². The first-order valence-electron chi connectivity index (χ1n) is 8.47. The van der Waals surface area contributed by atoms with Gasteiger partial charge in [-0.05, 0) is 31.5 Å². The molecular formula is C17H23F2N3O4S. The molecule has 1 aliphatic heterocycles. The van der Waals surface area contributed by atoms with Crippen LogP contribution in [0.15, 0.2) is 29.2 Å². The highest BCUT2D eigenvalue weighted by molar-refractivity contribution is 7.91. The van der Waals surface area contributed by atoms with Gasteiger partial charge in [-0.15, -0.1) is 0 Å². The van der Waals surface area contributed by atoms with Gasteiger partial charge in [-0.3, -0.25) is 14.5 Å². The van der Waals surface area contributed by atoms with Gasteiger partial charge in [0.15, 0.2) is 0 Å². The molecule has 1 N–H and O–H groups in total. The number of rotatable bonds is 6. The van der Waals surface area contributed by atoms with Crippen molar-refractivity contribution < 1.29 is 26.8 Å². The molecule has 0 aromatic heterocycles. The molecule has 0 radical (unpaired) electrons. The fraction of sp³-hybridized carbons (Fsp3) is 0.529. The van der Waals surface area contributed by atoms with Crippen LogP contribution in [0, 0.1) is 5.92 Å². The Balaban J connectivity index is 2.06. The predicted octanol–water partition coefficient (Wildman–Crippen LogP) is 1.42. The van der Waals surface area contributed by atoms with Gasteiger partial charge in [0, 0.05) is 20.6 Å². The van der Waals surface area contributed by atoms with Crippen molar-refractivity contribution in [1.29, 1.82) is 0 Å². The average Bonchev–Trinajstić information content (AvgIpc) is 2.61. The number of benzene rings is 1. The fourth-order valence-electron chi connectivity index (χ4n) is 3.07. The first-order valence-corrected chi connectivity index (χ1v) is 10.0. The molecule has 1 aromatic carbocycles. The van der Waals surface area contributed by atoms with E-state index in [4.69, 9.17) is 0 Å². The second-order valence-corrected chi connectivity index (χ2v) is 8.54. The lowest BCUT2D eigenvalue weighted by atomic mass is 9.97. The van der Waals surface area contributed by atoms with Gasteiger partial charge in [0.2, 0.25) is 21.7 Å². The first kappa shape index (κ1) is 21.2. The van der Waals surface area contributed by atoms with E-state index in [9.17, 15) is 26.8 Å². The lowest BCUT2D eigenvalue weighted by molar-refractivity contribution is -0.135. The molecule has 10 heteroatoms. The van der Waals surface area contributed by atoms with Gasteiger partial charge in [0.1, 0.15) is 0 Å². The lowest BCUT2D eigenvalue weighted by Crippen LogP contribution is -2.45. The number of alkyl halides is 2. The van der Waals surface area contributed by atoms with Crippen LogP contribution in [0.25, 0.3) is 0 Å². The molecule has 0 spiro atoms. The zero-order chi connectivity index (χ0) is 20.2. The molecule has 150 valence electrons. The topological polar surface area (TPSA) is 86.8 Å². The maximum atomic E-state index is 12.8. The molecule has 1 fully saturated rings. The van der Waals surface area contributed by atoms with Crippen LogP contribution in [-0.4, -0.2) is 69.5 Å². The Morgan fingerprint density at radius 2 is 1.96 bits per heavy atom. The number of amides is 2. The van der Waals surface area contributed by atoms with Crippen molar-refractivity contribution in [2.45, 2.75) is 23.5 Å². The van der Waals surface area contributed by atoms with E-state index >= 15 is 0 Å². The van der Waals surface area contributed by atoms with Crippen LogP contribution in [-0.2, 0) is 19.4 Å². The van der Waals surface area contributed by atoms with E-state index in [-0.39, 0.29) is 24.1 Å². The Morgan fingerprint density at radius 1 is 1.30 bits per heavy atom. The summed E-state index contributed by atoms with van der Waals surface area (Å²) in [5.74, 6) is -4.30. The van der Waals surface area contributed by atoms with Crippen molar-refractivity contribution >= 4 is 27.3 Å². The summed E-state index contributed by atoms with van der Waals surface area (Å²) in [6.07, 6.45) is 1.50. The van der Waals surface area contributed by atoms with Crippen LogP contribution in [0.4, 0.5) is 14.5 Å². The Morgan fingerprint density at radius 3 is 2.59 bits per heavy atom. The minimum atomic E-state index is -4.83. The number of halogens is 2. The number of anilines is 1. The molecule has 2 amide bonds. The van der Waals surface area contributed by atoms with Crippen molar-refractivity contribution in [3.63, 3.8) is 0 Å². The predicted molar refractivity (Wildman–Crippen MR) is 96.1 cm³/mol. The molecule has 7 nitrogen and oxygen atoms in total. The maximum absolute atomic E-state index is 12.8. The quantitative estimate of drug-likeness (QED) is 0.776. The summed E-state index contributed by atoms with van der Waals surface area (Å²) in [6.45, 7) is 0.989. The fourth-order valence-corrected chi connectivity index (χ4v) is 3.96. The van der Waals surface area contributed by atoms with E-state index in [1.807, 2.05) is 0 Å². The van der Waals surface area contributed by atoms with Crippen LogP contribution in [0.5, 0.6) is 0 Å². The van der Waals surface area contributed by atoms with Gasteiger partial charge in [-0.2, -0.15) is 8.78 Å². The number of hydrogen-bond donors (Lipinski definition) is 1. The summed E-state index contributed by atoms with van der Waals surface area (Å²) in [5.41, 5.74) is -0.180. The largest absolute Gasteiger partial charge is 0.349 e. The highest BCUT2D eigenvalue weighted by atomic mass is 32.2. The summed E-state index contributed by atoms with van der Waals surface area (Å²) in [6, 6.07) is 5.06. The number of para-hydroxylation sites is 1. The van der Waals surface area contributed by atoms with Crippen molar-refractivity contribution in [2.75, 3.05) is 39.0 Å². The summed E-state index contributed by atoms with van der Waals surface area (Å²) in [5, 5.41) is 2.40. The third kappa shape index (κ3) is 5.23.